The van der Waals surface area contributed by atoms with E-state index in [1.54, 1.807) is 24.3 Å². The molecule has 0 spiro atoms. The second-order valence-corrected chi connectivity index (χ2v) is 7.21. The van der Waals surface area contributed by atoms with Gasteiger partial charge in [0.2, 0.25) is 0 Å². The molecule has 178 valence electrons. The van der Waals surface area contributed by atoms with Gasteiger partial charge in [0.25, 0.3) is 0 Å². The fraction of sp³-hybridized carbons (Fsp3) is 0.474. The predicted molar refractivity (Wildman–Crippen MR) is 101 cm³/mol. The van der Waals surface area contributed by atoms with Crippen LogP contribution in [0, 0.1) is 0 Å². The summed E-state index contributed by atoms with van der Waals surface area (Å²) in [6, 6.07) is 6.90. The van der Waals surface area contributed by atoms with Crippen molar-refractivity contribution in [2.45, 2.75) is 37.7 Å². The maximum Gasteiger partial charge on any atom is 0.490 e. The highest BCUT2D eigenvalue weighted by Gasteiger charge is 2.38. The molecule has 6 nitrogen and oxygen atoms in total. The molecule has 0 bridgehead atoms. The van der Waals surface area contributed by atoms with Gasteiger partial charge < -0.3 is 19.6 Å². The normalized spacial score (nSPS) is 15.2. The van der Waals surface area contributed by atoms with Gasteiger partial charge in [0, 0.05) is 16.5 Å². The minimum Gasteiger partial charge on any atom is -0.475 e. The summed E-state index contributed by atoms with van der Waals surface area (Å²) in [5.41, 5.74) is 1.09. The number of oxazole rings is 1. The summed E-state index contributed by atoms with van der Waals surface area (Å²) in [5, 5.41) is 11.0. The zero-order chi connectivity index (χ0) is 23.9. The second kappa shape index (κ2) is 11.0. The number of hydrogen-bond acceptors (Lipinski definition) is 5. The van der Waals surface area contributed by atoms with E-state index in [9.17, 15) is 26.3 Å². The molecule has 0 atom stereocenters. The smallest absolute Gasteiger partial charge is 0.475 e. The number of aromatic nitrogens is 1. The van der Waals surface area contributed by atoms with Crippen LogP contribution in [0.5, 0.6) is 0 Å². The van der Waals surface area contributed by atoms with Gasteiger partial charge >= 0.3 is 18.3 Å². The summed E-state index contributed by atoms with van der Waals surface area (Å²) in [7, 11) is 0. The third-order valence-electron chi connectivity index (χ3n) is 4.26. The Hall–Kier alpha value is -2.31. The van der Waals surface area contributed by atoms with E-state index in [4.69, 9.17) is 30.7 Å². The molecule has 3 rings (SSSR count). The van der Waals surface area contributed by atoms with Crippen LogP contribution in [0.1, 0.15) is 30.3 Å². The Kier molecular flexibility index (Phi) is 8.93. The Bertz CT molecular complexity index is 877. The lowest BCUT2D eigenvalue weighted by molar-refractivity contribution is -0.192. The molecule has 1 fully saturated rings. The third kappa shape index (κ3) is 8.32. The summed E-state index contributed by atoms with van der Waals surface area (Å²) < 4.78 is 79.4. The number of piperidine rings is 1. The zero-order valence-corrected chi connectivity index (χ0v) is 17.2. The first-order chi connectivity index (χ1) is 14.9. The van der Waals surface area contributed by atoms with Gasteiger partial charge in [0.1, 0.15) is 12.3 Å². The van der Waals surface area contributed by atoms with Crippen molar-refractivity contribution < 1.29 is 45.4 Å². The predicted octanol–water partition coefficient (Wildman–Crippen LogP) is 5.17. The molecule has 2 heterocycles. The standard InChI is InChI=1S/C17H18ClF3N2O2.C2HF3O2/c18-13-3-1-11(2-4-13)15-14(9-24-10-17(19,20)21)23-16(25-15)12-5-7-22-8-6-12;3-2(4,5)1(6)7/h1-4,12,22H,5-10H2;(H,6,7). The fourth-order valence-electron chi connectivity index (χ4n) is 2.80. The number of carbonyl (C=O) groups is 1. The largest absolute Gasteiger partial charge is 0.490 e. The Morgan fingerprint density at radius 2 is 1.72 bits per heavy atom. The van der Waals surface area contributed by atoms with E-state index in [1.807, 2.05) is 0 Å². The van der Waals surface area contributed by atoms with Crippen molar-refractivity contribution in [3.63, 3.8) is 0 Å². The van der Waals surface area contributed by atoms with Crippen LogP contribution in [-0.4, -0.2) is 48.1 Å². The van der Waals surface area contributed by atoms with E-state index in [0.717, 1.165) is 25.9 Å². The van der Waals surface area contributed by atoms with E-state index >= 15 is 0 Å². The van der Waals surface area contributed by atoms with Crippen molar-refractivity contribution in [3.8, 4) is 11.3 Å². The SMILES string of the molecule is FC(F)(F)COCc1nc(C2CCNCC2)oc1-c1ccc(Cl)cc1.O=C(O)C(F)(F)F. The molecule has 0 aliphatic carbocycles. The van der Waals surface area contributed by atoms with Crippen LogP contribution in [-0.2, 0) is 16.1 Å². The van der Waals surface area contributed by atoms with Gasteiger partial charge in [-0.3, -0.25) is 0 Å². The van der Waals surface area contributed by atoms with Crippen molar-refractivity contribution in [3.05, 3.63) is 40.9 Å². The molecule has 1 aliphatic heterocycles. The number of halogens is 7. The summed E-state index contributed by atoms with van der Waals surface area (Å²) in [5.74, 6) is -1.61. The molecule has 2 N–H and O–H groups in total. The average molecular weight is 489 g/mol. The monoisotopic (exact) mass is 488 g/mol. The quantitative estimate of drug-likeness (QED) is 0.565. The highest BCUT2D eigenvalue weighted by Crippen LogP contribution is 2.33. The number of carboxylic acid groups (broad SMARTS) is 1. The van der Waals surface area contributed by atoms with Crippen molar-refractivity contribution in [2.24, 2.45) is 0 Å². The number of benzene rings is 1. The average Bonchev–Trinajstić information content (AvgIpc) is 3.12. The Morgan fingerprint density at radius 3 is 2.22 bits per heavy atom. The molecule has 32 heavy (non-hydrogen) atoms. The maximum absolute atomic E-state index is 12.3. The molecule has 2 aromatic rings. The zero-order valence-electron chi connectivity index (χ0n) is 16.4. The number of alkyl halides is 6. The molecule has 0 unspecified atom stereocenters. The topological polar surface area (TPSA) is 84.6 Å². The minimum absolute atomic E-state index is 0.156. The van der Waals surface area contributed by atoms with Crippen LogP contribution in [0.25, 0.3) is 11.3 Å². The maximum atomic E-state index is 12.3. The van der Waals surface area contributed by atoms with Crippen molar-refractivity contribution >= 4 is 17.6 Å². The number of ether oxygens (including phenoxy) is 1. The van der Waals surface area contributed by atoms with E-state index in [2.05, 4.69) is 10.3 Å². The highest BCUT2D eigenvalue weighted by molar-refractivity contribution is 6.30. The second-order valence-electron chi connectivity index (χ2n) is 6.77. The van der Waals surface area contributed by atoms with Gasteiger partial charge in [-0.2, -0.15) is 26.3 Å². The summed E-state index contributed by atoms with van der Waals surface area (Å²) in [6.45, 7) is 0.154. The first-order valence-electron chi connectivity index (χ1n) is 9.27. The van der Waals surface area contributed by atoms with Gasteiger partial charge in [-0.15, -0.1) is 0 Å². The summed E-state index contributed by atoms with van der Waals surface area (Å²) >= 11 is 5.90. The van der Waals surface area contributed by atoms with Crippen LogP contribution in [0.15, 0.2) is 28.7 Å². The Balaban J connectivity index is 0.000000451. The van der Waals surface area contributed by atoms with Gasteiger partial charge in [-0.1, -0.05) is 11.6 Å². The molecule has 0 saturated carbocycles. The molecule has 1 aromatic heterocycles. The van der Waals surface area contributed by atoms with Gasteiger partial charge in [0.15, 0.2) is 11.7 Å². The summed E-state index contributed by atoms with van der Waals surface area (Å²) in [4.78, 5) is 13.3. The number of nitrogens with one attached hydrogen (secondary N) is 1. The summed E-state index contributed by atoms with van der Waals surface area (Å²) in [6.07, 6.45) is -7.70. The highest BCUT2D eigenvalue weighted by atomic mass is 35.5. The minimum atomic E-state index is -5.08. The van der Waals surface area contributed by atoms with Crippen molar-refractivity contribution in [1.82, 2.24) is 10.3 Å². The van der Waals surface area contributed by atoms with Crippen LogP contribution < -0.4 is 5.32 Å². The molecule has 0 amide bonds. The molecule has 0 radical (unpaired) electrons. The van der Waals surface area contributed by atoms with Crippen molar-refractivity contribution in [2.75, 3.05) is 19.7 Å². The van der Waals surface area contributed by atoms with Crippen LogP contribution in [0.3, 0.4) is 0 Å². The number of hydrogen-bond donors (Lipinski definition) is 2. The Morgan fingerprint density at radius 1 is 1.16 bits per heavy atom. The number of nitrogens with zero attached hydrogens (tertiary/aromatic N) is 1. The third-order valence-corrected chi connectivity index (χ3v) is 4.51. The number of aliphatic carboxylic acids is 1. The van der Waals surface area contributed by atoms with Gasteiger partial charge in [-0.05, 0) is 50.2 Å². The molecule has 1 aromatic carbocycles. The molecular formula is C19H19ClF6N2O4. The first kappa shape index (κ1) is 25.9. The van der Waals surface area contributed by atoms with E-state index in [-0.39, 0.29) is 12.5 Å². The number of rotatable bonds is 5. The lowest BCUT2D eigenvalue weighted by atomic mass is 9.98. The first-order valence-corrected chi connectivity index (χ1v) is 9.65. The molecule has 1 saturated heterocycles. The van der Waals surface area contributed by atoms with Gasteiger partial charge in [0.05, 0.1) is 6.61 Å². The lowest BCUT2D eigenvalue weighted by Crippen LogP contribution is -2.26. The van der Waals surface area contributed by atoms with Crippen LogP contribution in [0.4, 0.5) is 26.3 Å². The van der Waals surface area contributed by atoms with E-state index in [0.29, 0.717) is 27.9 Å². The fourth-order valence-corrected chi connectivity index (χ4v) is 2.93. The van der Waals surface area contributed by atoms with Crippen LogP contribution in [0.2, 0.25) is 5.02 Å². The molecular weight excluding hydrogens is 470 g/mol. The Labute approximate surface area is 183 Å². The van der Waals surface area contributed by atoms with Crippen molar-refractivity contribution in [1.29, 1.82) is 0 Å². The van der Waals surface area contributed by atoms with Crippen LogP contribution >= 0.6 is 11.6 Å². The number of carboxylic acids is 1. The lowest BCUT2D eigenvalue weighted by Gasteiger charge is -2.19. The van der Waals surface area contributed by atoms with Gasteiger partial charge in [-0.25, -0.2) is 9.78 Å². The van der Waals surface area contributed by atoms with E-state index in [1.165, 1.54) is 0 Å². The molecule has 1 aliphatic rings. The van der Waals surface area contributed by atoms with E-state index < -0.39 is 24.9 Å². The molecule has 13 heteroatoms.